The molecule has 0 saturated heterocycles. The van der Waals surface area contributed by atoms with Crippen LogP contribution >= 0.6 is 11.3 Å². The van der Waals surface area contributed by atoms with E-state index in [-0.39, 0.29) is 0 Å². The van der Waals surface area contributed by atoms with Crippen LogP contribution in [0.5, 0.6) is 0 Å². The number of para-hydroxylation sites is 1. The fourth-order valence-electron chi connectivity index (χ4n) is 2.47. The van der Waals surface area contributed by atoms with Crippen LogP contribution in [-0.2, 0) is 6.42 Å². The van der Waals surface area contributed by atoms with Gasteiger partial charge in [-0.25, -0.2) is 4.98 Å². The SMILES string of the molecule is CCc1cccc(C)c1Nc1nc(-c2cccc(N)c2)cs1. The first-order chi connectivity index (χ1) is 10.7. The summed E-state index contributed by atoms with van der Waals surface area (Å²) >= 11 is 1.61. The van der Waals surface area contributed by atoms with Gasteiger partial charge in [-0.05, 0) is 36.6 Å². The molecule has 0 spiro atoms. The van der Waals surface area contributed by atoms with E-state index >= 15 is 0 Å². The Morgan fingerprint density at radius 1 is 1.18 bits per heavy atom. The van der Waals surface area contributed by atoms with E-state index in [2.05, 4.69) is 47.7 Å². The first kappa shape index (κ1) is 14.6. The Bertz CT molecular complexity index is 793. The van der Waals surface area contributed by atoms with Gasteiger partial charge in [-0.3, -0.25) is 0 Å². The highest BCUT2D eigenvalue weighted by Gasteiger charge is 2.09. The topological polar surface area (TPSA) is 50.9 Å². The zero-order chi connectivity index (χ0) is 15.5. The summed E-state index contributed by atoms with van der Waals surface area (Å²) in [6.45, 7) is 4.29. The molecule has 22 heavy (non-hydrogen) atoms. The first-order valence-electron chi connectivity index (χ1n) is 7.34. The van der Waals surface area contributed by atoms with Crippen LogP contribution in [-0.4, -0.2) is 4.98 Å². The van der Waals surface area contributed by atoms with Gasteiger partial charge in [0.1, 0.15) is 0 Å². The smallest absolute Gasteiger partial charge is 0.187 e. The molecule has 3 N–H and O–H groups in total. The van der Waals surface area contributed by atoms with Gasteiger partial charge in [0.2, 0.25) is 0 Å². The van der Waals surface area contributed by atoms with Crippen LogP contribution < -0.4 is 11.1 Å². The van der Waals surface area contributed by atoms with Gasteiger partial charge in [-0.2, -0.15) is 0 Å². The molecule has 1 aromatic heterocycles. The van der Waals surface area contributed by atoms with Gasteiger partial charge < -0.3 is 11.1 Å². The zero-order valence-electron chi connectivity index (χ0n) is 12.8. The minimum Gasteiger partial charge on any atom is -0.399 e. The lowest BCUT2D eigenvalue weighted by Gasteiger charge is -2.11. The number of nitrogen functional groups attached to an aromatic ring is 1. The maximum atomic E-state index is 5.84. The van der Waals surface area contributed by atoms with Crippen molar-refractivity contribution in [2.75, 3.05) is 11.1 Å². The number of nitrogens with one attached hydrogen (secondary N) is 1. The Balaban J connectivity index is 1.89. The second-order valence-corrected chi connectivity index (χ2v) is 6.11. The summed E-state index contributed by atoms with van der Waals surface area (Å²) in [5, 5.41) is 6.43. The Morgan fingerprint density at radius 3 is 2.77 bits per heavy atom. The van der Waals surface area contributed by atoms with Gasteiger partial charge in [-0.1, -0.05) is 37.3 Å². The van der Waals surface area contributed by atoms with Crippen molar-refractivity contribution in [3.05, 3.63) is 59.0 Å². The number of rotatable bonds is 4. The summed E-state index contributed by atoms with van der Waals surface area (Å²) < 4.78 is 0. The number of nitrogens with two attached hydrogens (primary N) is 1. The highest BCUT2D eigenvalue weighted by atomic mass is 32.1. The molecule has 4 heteroatoms. The second kappa shape index (κ2) is 6.20. The van der Waals surface area contributed by atoms with Crippen LogP contribution in [0.25, 0.3) is 11.3 Å². The summed E-state index contributed by atoms with van der Waals surface area (Å²) in [7, 11) is 0. The third-order valence-electron chi connectivity index (χ3n) is 3.66. The average Bonchev–Trinajstić information content (AvgIpc) is 2.98. The summed E-state index contributed by atoms with van der Waals surface area (Å²) in [4.78, 5) is 4.69. The van der Waals surface area contributed by atoms with Gasteiger partial charge in [0, 0.05) is 22.3 Å². The fourth-order valence-corrected chi connectivity index (χ4v) is 3.19. The summed E-state index contributed by atoms with van der Waals surface area (Å²) in [5.41, 5.74) is 12.3. The second-order valence-electron chi connectivity index (χ2n) is 5.25. The molecule has 0 saturated carbocycles. The van der Waals surface area contributed by atoms with E-state index in [9.17, 15) is 0 Å². The lowest BCUT2D eigenvalue weighted by molar-refractivity contribution is 1.13. The molecular weight excluding hydrogens is 290 g/mol. The minimum atomic E-state index is 0.757. The van der Waals surface area contributed by atoms with E-state index in [1.165, 1.54) is 16.8 Å². The predicted octanol–water partition coefficient (Wildman–Crippen LogP) is 5.01. The van der Waals surface area contributed by atoms with Gasteiger partial charge in [0.15, 0.2) is 5.13 Å². The molecule has 0 bridgehead atoms. The van der Waals surface area contributed by atoms with E-state index in [0.717, 1.165) is 28.5 Å². The molecule has 3 rings (SSSR count). The van der Waals surface area contributed by atoms with Crippen molar-refractivity contribution in [2.45, 2.75) is 20.3 Å². The summed E-state index contributed by atoms with van der Waals surface area (Å²) in [6, 6.07) is 14.2. The molecule has 3 nitrogen and oxygen atoms in total. The van der Waals surface area contributed by atoms with E-state index in [4.69, 9.17) is 5.73 Å². The zero-order valence-corrected chi connectivity index (χ0v) is 13.6. The lowest BCUT2D eigenvalue weighted by Crippen LogP contribution is -1.97. The first-order valence-corrected chi connectivity index (χ1v) is 8.22. The fraction of sp³-hybridized carbons (Fsp3) is 0.167. The van der Waals surface area contributed by atoms with Crippen molar-refractivity contribution in [3.63, 3.8) is 0 Å². The number of nitrogens with zero attached hydrogens (tertiary/aromatic N) is 1. The Morgan fingerprint density at radius 2 is 2.00 bits per heavy atom. The highest BCUT2D eigenvalue weighted by Crippen LogP contribution is 2.30. The molecule has 0 atom stereocenters. The molecule has 3 aromatic rings. The molecule has 0 unspecified atom stereocenters. The monoisotopic (exact) mass is 309 g/mol. The summed E-state index contributed by atoms with van der Waals surface area (Å²) in [5.74, 6) is 0. The maximum Gasteiger partial charge on any atom is 0.187 e. The van der Waals surface area contributed by atoms with Crippen molar-refractivity contribution in [1.29, 1.82) is 0 Å². The molecule has 0 aliphatic heterocycles. The van der Waals surface area contributed by atoms with Crippen LogP contribution in [0.15, 0.2) is 47.8 Å². The third kappa shape index (κ3) is 2.97. The molecular formula is C18H19N3S. The van der Waals surface area contributed by atoms with Crippen molar-refractivity contribution in [3.8, 4) is 11.3 Å². The van der Waals surface area contributed by atoms with E-state index in [0.29, 0.717) is 0 Å². The van der Waals surface area contributed by atoms with Crippen molar-refractivity contribution in [1.82, 2.24) is 4.98 Å². The molecule has 1 heterocycles. The van der Waals surface area contributed by atoms with Crippen molar-refractivity contribution < 1.29 is 0 Å². The van der Waals surface area contributed by atoms with E-state index < -0.39 is 0 Å². The number of aryl methyl sites for hydroxylation is 2. The standard InChI is InChI=1S/C18H19N3S/c1-3-13-7-4-6-12(2)17(13)21-18-20-16(11-22-18)14-8-5-9-15(19)10-14/h4-11H,3,19H2,1-2H3,(H,20,21). The average molecular weight is 309 g/mol. The minimum absolute atomic E-state index is 0.757. The van der Waals surface area contributed by atoms with E-state index in [1.807, 2.05) is 24.3 Å². The van der Waals surface area contributed by atoms with Crippen LogP contribution in [0.3, 0.4) is 0 Å². The van der Waals surface area contributed by atoms with Crippen LogP contribution in [0.4, 0.5) is 16.5 Å². The molecule has 0 radical (unpaired) electrons. The maximum absolute atomic E-state index is 5.84. The van der Waals surface area contributed by atoms with E-state index in [1.54, 1.807) is 11.3 Å². The molecule has 0 aliphatic rings. The number of anilines is 3. The number of hydrogen-bond acceptors (Lipinski definition) is 4. The Labute approximate surface area is 134 Å². The lowest BCUT2D eigenvalue weighted by atomic mass is 10.1. The van der Waals surface area contributed by atoms with Gasteiger partial charge >= 0.3 is 0 Å². The normalized spacial score (nSPS) is 10.6. The number of benzene rings is 2. The van der Waals surface area contributed by atoms with Crippen molar-refractivity contribution in [2.24, 2.45) is 0 Å². The molecule has 0 aliphatic carbocycles. The van der Waals surface area contributed by atoms with Gasteiger partial charge in [0.05, 0.1) is 5.69 Å². The summed E-state index contributed by atoms with van der Waals surface area (Å²) in [6.07, 6.45) is 0.997. The van der Waals surface area contributed by atoms with Gasteiger partial charge in [0.25, 0.3) is 0 Å². The quantitative estimate of drug-likeness (QED) is 0.666. The number of thiazole rings is 1. The number of aromatic nitrogens is 1. The van der Waals surface area contributed by atoms with Crippen LogP contribution in [0, 0.1) is 6.92 Å². The van der Waals surface area contributed by atoms with Gasteiger partial charge in [-0.15, -0.1) is 11.3 Å². The Hall–Kier alpha value is -2.33. The number of hydrogen-bond donors (Lipinski definition) is 2. The van der Waals surface area contributed by atoms with Crippen LogP contribution in [0.1, 0.15) is 18.1 Å². The van der Waals surface area contributed by atoms with Crippen molar-refractivity contribution >= 4 is 27.8 Å². The third-order valence-corrected chi connectivity index (χ3v) is 4.42. The predicted molar refractivity (Wildman–Crippen MR) is 95.8 cm³/mol. The van der Waals surface area contributed by atoms with Crippen LogP contribution in [0.2, 0.25) is 0 Å². The molecule has 112 valence electrons. The molecule has 0 fully saturated rings. The molecule has 0 amide bonds. The molecule has 2 aromatic carbocycles. The highest BCUT2D eigenvalue weighted by molar-refractivity contribution is 7.14. The Kier molecular flexibility index (Phi) is 4.11. The largest absolute Gasteiger partial charge is 0.399 e.